The molecule has 0 aromatic carbocycles. The van der Waals surface area contributed by atoms with Crippen molar-refractivity contribution in [2.24, 2.45) is 5.41 Å². The van der Waals surface area contributed by atoms with Crippen LogP contribution in [0.25, 0.3) is 0 Å². The van der Waals surface area contributed by atoms with E-state index < -0.39 is 0 Å². The van der Waals surface area contributed by atoms with Crippen molar-refractivity contribution in [1.82, 2.24) is 10.6 Å². The summed E-state index contributed by atoms with van der Waals surface area (Å²) in [5.41, 5.74) is 0.473. The van der Waals surface area contributed by atoms with Crippen LogP contribution in [0.3, 0.4) is 0 Å². The molecule has 0 aliphatic heterocycles. The topological polar surface area (TPSA) is 41.1 Å². The first-order chi connectivity index (χ1) is 8.08. The summed E-state index contributed by atoms with van der Waals surface area (Å²) in [5.74, 6) is 0.220. The molecule has 0 radical (unpaired) electrons. The van der Waals surface area contributed by atoms with Crippen molar-refractivity contribution in [2.45, 2.75) is 65.3 Å². The van der Waals surface area contributed by atoms with Crippen LogP contribution in [0.5, 0.6) is 0 Å². The van der Waals surface area contributed by atoms with Gasteiger partial charge in [-0.1, -0.05) is 27.2 Å². The van der Waals surface area contributed by atoms with Gasteiger partial charge in [-0.05, 0) is 37.6 Å². The SMILES string of the molecule is CCCC1(CNC(=O)CCCNC(C)C)CC1. The molecule has 2 N–H and O–H groups in total. The fourth-order valence-corrected chi connectivity index (χ4v) is 2.24. The fraction of sp³-hybridized carbons (Fsp3) is 0.929. The van der Waals surface area contributed by atoms with E-state index in [1.165, 1.54) is 25.7 Å². The van der Waals surface area contributed by atoms with Gasteiger partial charge in [-0.15, -0.1) is 0 Å². The minimum absolute atomic E-state index is 0.220. The Kier molecular flexibility index (Phi) is 5.96. The highest BCUT2D eigenvalue weighted by molar-refractivity contribution is 5.75. The zero-order chi connectivity index (χ0) is 12.7. The monoisotopic (exact) mass is 240 g/mol. The summed E-state index contributed by atoms with van der Waals surface area (Å²) >= 11 is 0. The lowest BCUT2D eigenvalue weighted by Gasteiger charge is -2.15. The molecule has 0 heterocycles. The predicted octanol–water partition coefficient (Wildman–Crippen LogP) is 2.46. The molecule has 100 valence electrons. The molecule has 0 atom stereocenters. The van der Waals surface area contributed by atoms with Crippen molar-refractivity contribution < 1.29 is 4.79 Å². The first kappa shape index (κ1) is 14.5. The maximum absolute atomic E-state index is 11.6. The molecule has 1 saturated carbocycles. The number of hydrogen-bond acceptors (Lipinski definition) is 2. The number of carbonyl (C=O) groups excluding carboxylic acids is 1. The molecule has 3 heteroatoms. The summed E-state index contributed by atoms with van der Waals surface area (Å²) in [5, 5.41) is 6.42. The Balaban J connectivity index is 2.02. The maximum Gasteiger partial charge on any atom is 0.220 e. The second-order valence-corrected chi connectivity index (χ2v) is 5.74. The van der Waals surface area contributed by atoms with Crippen LogP contribution < -0.4 is 10.6 Å². The first-order valence-corrected chi connectivity index (χ1v) is 7.08. The van der Waals surface area contributed by atoms with E-state index in [-0.39, 0.29) is 5.91 Å². The number of nitrogens with one attached hydrogen (secondary N) is 2. The fourth-order valence-electron chi connectivity index (χ4n) is 2.24. The summed E-state index contributed by atoms with van der Waals surface area (Å²) in [6, 6.07) is 0.511. The van der Waals surface area contributed by atoms with Crippen molar-refractivity contribution in [3.63, 3.8) is 0 Å². The normalized spacial score (nSPS) is 17.2. The highest BCUT2D eigenvalue weighted by Crippen LogP contribution is 2.48. The summed E-state index contributed by atoms with van der Waals surface area (Å²) in [6.07, 6.45) is 6.69. The van der Waals surface area contributed by atoms with Crippen molar-refractivity contribution in [3.05, 3.63) is 0 Å². The van der Waals surface area contributed by atoms with Crippen LogP contribution in [0.4, 0.5) is 0 Å². The van der Waals surface area contributed by atoms with Crippen LogP contribution in [0, 0.1) is 5.41 Å². The summed E-state index contributed by atoms with van der Waals surface area (Å²) < 4.78 is 0. The number of carbonyl (C=O) groups is 1. The Morgan fingerprint density at radius 3 is 2.59 bits per heavy atom. The van der Waals surface area contributed by atoms with Gasteiger partial charge in [0.15, 0.2) is 0 Å². The Hall–Kier alpha value is -0.570. The van der Waals surface area contributed by atoms with Crippen LogP contribution in [-0.2, 0) is 4.79 Å². The van der Waals surface area contributed by atoms with Crippen molar-refractivity contribution in [3.8, 4) is 0 Å². The molecule has 0 bridgehead atoms. The van der Waals surface area contributed by atoms with E-state index in [0.29, 0.717) is 17.9 Å². The van der Waals surface area contributed by atoms with E-state index in [1.54, 1.807) is 0 Å². The third-order valence-electron chi connectivity index (χ3n) is 3.53. The van der Waals surface area contributed by atoms with Crippen molar-refractivity contribution >= 4 is 5.91 Å². The summed E-state index contributed by atoms with van der Waals surface area (Å²) in [4.78, 5) is 11.6. The average Bonchev–Trinajstić information content (AvgIpc) is 3.03. The van der Waals surface area contributed by atoms with Crippen LogP contribution >= 0.6 is 0 Å². The lowest BCUT2D eigenvalue weighted by molar-refractivity contribution is -0.121. The molecule has 17 heavy (non-hydrogen) atoms. The molecule has 0 aromatic rings. The average molecular weight is 240 g/mol. The second-order valence-electron chi connectivity index (χ2n) is 5.74. The third-order valence-corrected chi connectivity index (χ3v) is 3.53. The molecule has 1 aliphatic carbocycles. The minimum atomic E-state index is 0.220. The standard InChI is InChI=1S/C14H28N2O/c1-4-7-14(8-9-14)11-16-13(17)6-5-10-15-12(2)3/h12,15H,4-11H2,1-3H3,(H,16,17). The van der Waals surface area contributed by atoms with Gasteiger partial charge in [-0.3, -0.25) is 4.79 Å². The van der Waals surface area contributed by atoms with E-state index in [4.69, 9.17) is 0 Å². The van der Waals surface area contributed by atoms with E-state index in [0.717, 1.165) is 19.5 Å². The number of rotatable bonds is 9. The molecule has 1 amide bonds. The lowest BCUT2D eigenvalue weighted by atomic mass is 10.0. The minimum Gasteiger partial charge on any atom is -0.356 e. The molecule has 0 spiro atoms. The molecular weight excluding hydrogens is 212 g/mol. The molecule has 0 aromatic heterocycles. The Morgan fingerprint density at radius 2 is 2.06 bits per heavy atom. The van der Waals surface area contributed by atoms with Gasteiger partial charge in [0, 0.05) is 19.0 Å². The third kappa shape index (κ3) is 6.06. The van der Waals surface area contributed by atoms with Gasteiger partial charge in [0.05, 0.1) is 0 Å². The van der Waals surface area contributed by atoms with Crippen LogP contribution in [0.15, 0.2) is 0 Å². The molecule has 0 unspecified atom stereocenters. The van der Waals surface area contributed by atoms with Gasteiger partial charge in [-0.2, -0.15) is 0 Å². The molecule has 3 nitrogen and oxygen atoms in total. The Morgan fingerprint density at radius 1 is 1.35 bits per heavy atom. The van der Waals surface area contributed by atoms with Crippen molar-refractivity contribution in [2.75, 3.05) is 13.1 Å². The Labute approximate surface area is 106 Å². The smallest absolute Gasteiger partial charge is 0.220 e. The van der Waals surface area contributed by atoms with Gasteiger partial charge < -0.3 is 10.6 Å². The quantitative estimate of drug-likeness (QED) is 0.608. The highest BCUT2D eigenvalue weighted by Gasteiger charge is 2.41. The first-order valence-electron chi connectivity index (χ1n) is 7.08. The highest BCUT2D eigenvalue weighted by atomic mass is 16.1. The molecule has 1 rings (SSSR count). The van der Waals surface area contributed by atoms with Gasteiger partial charge in [0.1, 0.15) is 0 Å². The zero-order valence-electron chi connectivity index (χ0n) is 11.6. The maximum atomic E-state index is 11.6. The van der Waals surface area contributed by atoms with Crippen LogP contribution in [0.1, 0.15) is 59.3 Å². The molecule has 1 aliphatic rings. The van der Waals surface area contributed by atoms with E-state index in [2.05, 4.69) is 31.4 Å². The largest absolute Gasteiger partial charge is 0.356 e. The number of hydrogen-bond donors (Lipinski definition) is 2. The summed E-state index contributed by atoms with van der Waals surface area (Å²) in [6.45, 7) is 8.31. The van der Waals surface area contributed by atoms with Gasteiger partial charge >= 0.3 is 0 Å². The van der Waals surface area contributed by atoms with Crippen molar-refractivity contribution in [1.29, 1.82) is 0 Å². The van der Waals surface area contributed by atoms with E-state index >= 15 is 0 Å². The predicted molar refractivity (Wildman–Crippen MR) is 72.0 cm³/mol. The second kappa shape index (κ2) is 7.00. The summed E-state index contributed by atoms with van der Waals surface area (Å²) in [7, 11) is 0. The van der Waals surface area contributed by atoms with Gasteiger partial charge in [0.25, 0.3) is 0 Å². The number of amides is 1. The van der Waals surface area contributed by atoms with E-state index in [9.17, 15) is 4.79 Å². The van der Waals surface area contributed by atoms with E-state index in [1.807, 2.05) is 0 Å². The zero-order valence-corrected chi connectivity index (χ0v) is 11.6. The van der Waals surface area contributed by atoms with Crippen LogP contribution in [-0.4, -0.2) is 25.0 Å². The lowest BCUT2D eigenvalue weighted by Crippen LogP contribution is -2.31. The van der Waals surface area contributed by atoms with Gasteiger partial charge in [0.2, 0.25) is 5.91 Å². The van der Waals surface area contributed by atoms with Crippen LogP contribution in [0.2, 0.25) is 0 Å². The molecule has 1 fully saturated rings. The van der Waals surface area contributed by atoms with Gasteiger partial charge in [-0.25, -0.2) is 0 Å². The molecular formula is C14H28N2O. The Bertz CT molecular complexity index is 234. The molecule has 0 saturated heterocycles.